The fraction of sp³-hybridized carbons (Fsp3) is 0.409. The van der Waals surface area contributed by atoms with Gasteiger partial charge < -0.3 is 5.11 Å². The van der Waals surface area contributed by atoms with Gasteiger partial charge in [-0.15, -0.1) is 0 Å². The van der Waals surface area contributed by atoms with Crippen molar-refractivity contribution in [1.82, 2.24) is 0 Å². The summed E-state index contributed by atoms with van der Waals surface area (Å²) in [6.45, 7) is 7.92. The van der Waals surface area contributed by atoms with E-state index in [1.165, 1.54) is 27.5 Å². The highest BCUT2D eigenvalue weighted by Gasteiger charge is 2.53. The van der Waals surface area contributed by atoms with E-state index < -0.39 is 5.72 Å². The molecule has 0 bridgehead atoms. The number of amidine groups is 1. The lowest BCUT2D eigenvalue weighted by Crippen LogP contribution is -2.41. The molecule has 0 amide bonds. The minimum absolute atomic E-state index is 0.575. The van der Waals surface area contributed by atoms with Gasteiger partial charge in [0, 0.05) is 11.3 Å². The Balaban J connectivity index is 1.80. The largest absolute Gasteiger partial charge is 0.346 e. The van der Waals surface area contributed by atoms with E-state index in [9.17, 15) is 5.11 Å². The number of thioether (sulfide) groups is 1. The molecule has 0 saturated heterocycles. The van der Waals surface area contributed by atoms with Crippen molar-refractivity contribution in [2.45, 2.75) is 39.3 Å². The average molecular weight is 368 g/mol. The molecular weight excluding hydrogens is 340 g/mol. The molecule has 0 aromatic heterocycles. The highest BCUT2D eigenvalue weighted by Crippen LogP contribution is 2.38. The van der Waals surface area contributed by atoms with Crippen molar-refractivity contribution in [2.24, 2.45) is 0 Å². The standard InChI is InChI=1S/C22H27N2OS/c1-4-18-8-10-19(11-9-18)22(25)15-23(21-24(22)12-5-13-26-21)20-14-16(2)6-7-17(20)3/h6-11,14,25H,4-5,12-13,15H2,1-3H3/q+1/t22-/m0/s1. The molecule has 0 aliphatic carbocycles. The van der Waals surface area contributed by atoms with Crippen molar-refractivity contribution < 1.29 is 9.68 Å². The second kappa shape index (κ2) is 6.75. The summed E-state index contributed by atoms with van der Waals surface area (Å²) >= 11 is 1.86. The minimum atomic E-state index is -0.967. The summed E-state index contributed by atoms with van der Waals surface area (Å²) in [4.78, 5) is 2.32. The maximum atomic E-state index is 11.8. The van der Waals surface area contributed by atoms with Crippen molar-refractivity contribution in [2.75, 3.05) is 23.7 Å². The molecule has 4 rings (SSSR count). The van der Waals surface area contributed by atoms with Crippen LogP contribution >= 0.6 is 11.8 Å². The van der Waals surface area contributed by atoms with Gasteiger partial charge in [-0.25, -0.2) is 9.48 Å². The number of hydrogen-bond donors (Lipinski definition) is 1. The number of aryl methyl sites for hydroxylation is 3. The van der Waals surface area contributed by atoms with Gasteiger partial charge in [0.2, 0.25) is 0 Å². The Hall–Kier alpha value is -1.78. The zero-order valence-electron chi connectivity index (χ0n) is 15.8. The monoisotopic (exact) mass is 367 g/mol. The number of rotatable bonds is 3. The third kappa shape index (κ3) is 2.85. The molecule has 2 heterocycles. The Bertz CT molecular complexity index is 859. The fourth-order valence-corrected chi connectivity index (χ4v) is 5.13. The minimum Gasteiger partial charge on any atom is -0.346 e. The van der Waals surface area contributed by atoms with Crippen molar-refractivity contribution in [1.29, 1.82) is 0 Å². The maximum Gasteiger partial charge on any atom is 0.316 e. The van der Waals surface area contributed by atoms with Crippen LogP contribution in [0.3, 0.4) is 0 Å². The number of β-amino-alcohol motifs (C(OH)–C–C–N with tert-alkyl or cyclic N) is 1. The lowest BCUT2D eigenvalue weighted by molar-refractivity contribution is -0.656. The van der Waals surface area contributed by atoms with E-state index in [-0.39, 0.29) is 0 Å². The van der Waals surface area contributed by atoms with Crippen LogP contribution in [0.2, 0.25) is 0 Å². The van der Waals surface area contributed by atoms with Gasteiger partial charge in [-0.3, -0.25) is 0 Å². The Morgan fingerprint density at radius 3 is 2.65 bits per heavy atom. The van der Waals surface area contributed by atoms with Gasteiger partial charge in [0.25, 0.3) is 5.72 Å². The molecule has 4 heteroatoms. The SMILES string of the molecule is CCc1ccc([C@@]2(O)CN(c3cc(C)ccc3C)C3=[N+]2CCCS3)cc1. The second-order valence-electron chi connectivity index (χ2n) is 7.38. The smallest absolute Gasteiger partial charge is 0.316 e. The van der Waals surface area contributed by atoms with Crippen LogP contribution in [0.4, 0.5) is 5.69 Å². The van der Waals surface area contributed by atoms with Gasteiger partial charge in [-0.2, -0.15) is 0 Å². The Morgan fingerprint density at radius 2 is 1.92 bits per heavy atom. The first-order valence-corrected chi connectivity index (χ1v) is 10.5. The molecule has 2 aliphatic heterocycles. The lowest BCUT2D eigenvalue weighted by atomic mass is 9.99. The topological polar surface area (TPSA) is 26.5 Å². The maximum absolute atomic E-state index is 11.8. The summed E-state index contributed by atoms with van der Waals surface area (Å²) in [5.41, 5.74) is 5.04. The lowest BCUT2D eigenvalue weighted by Gasteiger charge is -2.24. The highest BCUT2D eigenvalue weighted by molar-refractivity contribution is 8.13. The normalized spacial score (nSPS) is 22.7. The van der Waals surface area contributed by atoms with Crippen LogP contribution in [0.25, 0.3) is 0 Å². The van der Waals surface area contributed by atoms with Crippen LogP contribution in [-0.4, -0.2) is 33.7 Å². The number of benzene rings is 2. The predicted octanol–water partition coefficient (Wildman–Crippen LogP) is 4.04. The Morgan fingerprint density at radius 1 is 1.15 bits per heavy atom. The summed E-state index contributed by atoms with van der Waals surface area (Å²) in [6, 6.07) is 15.1. The number of anilines is 1. The third-order valence-electron chi connectivity index (χ3n) is 5.52. The van der Waals surface area contributed by atoms with Gasteiger partial charge in [0.1, 0.15) is 5.69 Å². The first kappa shape index (κ1) is 17.6. The molecule has 2 aromatic carbocycles. The molecular formula is C22H27N2OS+. The molecule has 1 atom stereocenters. The molecule has 0 unspecified atom stereocenters. The molecule has 0 saturated carbocycles. The van der Waals surface area contributed by atoms with Gasteiger partial charge in [0.15, 0.2) is 6.54 Å². The van der Waals surface area contributed by atoms with Crippen LogP contribution in [0, 0.1) is 13.8 Å². The molecule has 3 nitrogen and oxygen atoms in total. The van der Waals surface area contributed by atoms with Crippen molar-refractivity contribution in [3.63, 3.8) is 0 Å². The van der Waals surface area contributed by atoms with Gasteiger partial charge >= 0.3 is 5.17 Å². The van der Waals surface area contributed by atoms with Crippen LogP contribution in [0.1, 0.15) is 35.6 Å². The van der Waals surface area contributed by atoms with Gasteiger partial charge in [0.05, 0.1) is 6.54 Å². The summed E-state index contributed by atoms with van der Waals surface area (Å²) in [5.74, 6) is 1.11. The van der Waals surface area contributed by atoms with Crippen LogP contribution in [0.15, 0.2) is 42.5 Å². The quantitative estimate of drug-likeness (QED) is 0.830. The molecule has 2 aromatic rings. The predicted molar refractivity (Wildman–Crippen MR) is 110 cm³/mol. The van der Waals surface area contributed by atoms with E-state index >= 15 is 0 Å². The van der Waals surface area contributed by atoms with E-state index in [2.05, 4.69) is 72.7 Å². The summed E-state index contributed by atoms with van der Waals surface area (Å²) in [6.07, 6.45) is 2.12. The Kier molecular flexibility index (Phi) is 4.57. The van der Waals surface area contributed by atoms with Gasteiger partial charge in [-0.05, 0) is 61.2 Å². The first-order valence-electron chi connectivity index (χ1n) is 9.47. The molecule has 0 spiro atoms. The van der Waals surface area contributed by atoms with Crippen molar-refractivity contribution >= 4 is 22.6 Å². The van der Waals surface area contributed by atoms with Crippen molar-refractivity contribution in [3.05, 3.63) is 64.7 Å². The van der Waals surface area contributed by atoms with E-state index in [0.29, 0.717) is 6.54 Å². The molecule has 136 valence electrons. The number of aliphatic hydroxyl groups is 1. The number of hydrogen-bond acceptors (Lipinski definition) is 3. The van der Waals surface area contributed by atoms with Crippen LogP contribution in [0.5, 0.6) is 0 Å². The summed E-state index contributed by atoms with van der Waals surface area (Å²) < 4.78 is 2.21. The van der Waals surface area contributed by atoms with Gasteiger partial charge in [-0.1, -0.05) is 43.3 Å². The zero-order chi connectivity index (χ0) is 18.3. The van der Waals surface area contributed by atoms with Crippen LogP contribution in [-0.2, 0) is 12.1 Å². The summed E-state index contributed by atoms with van der Waals surface area (Å²) in [5, 5.41) is 13.0. The Labute approximate surface area is 160 Å². The molecule has 26 heavy (non-hydrogen) atoms. The highest BCUT2D eigenvalue weighted by atomic mass is 32.2. The van der Waals surface area contributed by atoms with Crippen LogP contribution < -0.4 is 4.90 Å². The number of nitrogens with zero attached hydrogens (tertiary/aromatic N) is 2. The first-order chi connectivity index (χ1) is 12.5. The van der Waals surface area contributed by atoms with Crippen molar-refractivity contribution in [3.8, 4) is 0 Å². The summed E-state index contributed by atoms with van der Waals surface area (Å²) in [7, 11) is 0. The zero-order valence-corrected chi connectivity index (χ0v) is 16.6. The van der Waals surface area contributed by atoms with E-state index in [0.717, 1.165) is 30.7 Å². The van der Waals surface area contributed by atoms with E-state index in [1.54, 1.807) is 0 Å². The third-order valence-corrected chi connectivity index (χ3v) is 6.72. The molecule has 1 N–H and O–H groups in total. The van der Waals surface area contributed by atoms with E-state index in [4.69, 9.17) is 0 Å². The molecule has 0 radical (unpaired) electrons. The molecule has 2 aliphatic rings. The fourth-order valence-electron chi connectivity index (χ4n) is 3.95. The average Bonchev–Trinajstić information content (AvgIpc) is 2.98. The van der Waals surface area contributed by atoms with E-state index in [1.807, 2.05) is 11.8 Å². The molecule has 0 fully saturated rings. The second-order valence-corrected chi connectivity index (χ2v) is 8.44.